The highest BCUT2D eigenvalue weighted by Crippen LogP contribution is 2.21. The van der Waals surface area contributed by atoms with Crippen LogP contribution < -0.4 is 5.32 Å². The number of nitrogens with one attached hydrogen (secondary N) is 1. The third kappa shape index (κ3) is 5.31. The number of esters is 1. The standard InChI is InChI=1S/C21H28N2O4/c1-15(20(25)22-18-9-5-6-10-18)27-21(26)17-13-19(24)23(14-17)12-11-16-7-3-2-4-8-16/h2-4,7-8,15,17-18H,5-6,9-14H2,1H3,(H,22,25)/t15-,17+/m1/s1. The number of benzene rings is 1. The Balaban J connectivity index is 1.44. The molecule has 1 aromatic carbocycles. The molecule has 1 aliphatic heterocycles. The van der Waals surface area contributed by atoms with E-state index in [0.717, 1.165) is 37.7 Å². The average molecular weight is 372 g/mol. The Hall–Kier alpha value is -2.37. The number of hydrogen-bond donors (Lipinski definition) is 1. The van der Waals surface area contributed by atoms with Gasteiger partial charge in [-0.05, 0) is 31.7 Å². The minimum Gasteiger partial charge on any atom is -0.452 e. The summed E-state index contributed by atoms with van der Waals surface area (Å²) in [6, 6.07) is 10.1. The van der Waals surface area contributed by atoms with Crippen LogP contribution in [0.2, 0.25) is 0 Å². The van der Waals surface area contributed by atoms with Gasteiger partial charge in [0.1, 0.15) is 0 Å². The van der Waals surface area contributed by atoms with Gasteiger partial charge in [0, 0.05) is 25.6 Å². The van der Waals surface area contributed by atoms with Crippen LogP contribution in [0.1, 0.15) is 44.6 Å². The highest BCUT2D eigenvalue weighted by Gasteiger charge is 2.36. The molecule has 146 valence electrons. The number of likely N-dealkylation sites (tertiary alicyclic amines) is 1. The molecule has 2 atom stereocenters. The molecule has 1 saturated carbocycles. The van der Waals surface area contributed by atoms with Crippen molar-refractivity contribution in [3.05, 3.63) is 35.9 Å². The maximum atomic E-state index is 12.4. The molecule has 0 aromatic heterocycles. The first-order valence-corrected chi connectivity index (χ1v) is 9.85. The highest BCUT2D eigenvalue weighted by atomic mass is 16.5. The van der Waals surface area contributed by atoms with Crippen LogP contribution in [0, 0.1) is 5.92 Å². The lowest BCUT2D eigenvalue weighted by atomic mass is 10.1. The molecular weight excluding hydrogens is 344 g/mol. The molecule has 1 aromatic rings. The first-order chi connectivity index (χ1) is 13.0. The van der Waals surface area contributed by atoms with Gasteiger partial charge < -0.3 is 15.0 Å². The number of rotatable bonds is 7. The van der Waals surface area contributed by atoms with E-state index in [9.17, 15) is 14.4 Å². The molecule has 0 bridgehead atoms. The fourth-order valence-electron chi connectivity index (χ4n) is 3.77. The van der Waals surface area contributed by atoms with Crippen molar-refractivity contribution in [1.82, 2.24) is 10.2 Å². The lowest BCUT2D eigenvalue weighted by Gasteiger charge is -2.19. The van der Waals surface area contributed by atoms with E-state index in [2.05, 4.69) is 5.32 Å². The SMILES string of the molecule is C[C@@H](OC(=O)[C@H]1CC(=O)N(CCc2ccccc2)C1)C(=O)NC1CCCC1. The monoisotopic (exact) mass is 372 g/mol. The zero-order valence-corrected chi connectivity index (χ0v) is 15.9. The number of carbonyl (C=O) groups excluding carboxylic acids is 3. The van der Waals surface area contributed by atoms with E-state index in [4.69, 9.17) is 4.74 Å². The molecule has 1 N–H and O–H groups in total. The number of carbonyl (C=O) groups is 3. The third-order valence-corrected chi connectivity index (χ3v) is 5.42. The van der Waals surface area contributed by atoms with Crippen LogP contribution in [0.3, 0.4) is 0 Å². The topological polar surface area (TPSA) is 75.7 Å². The summed E-state index contributed by atoms with van der Waals surface area (Å²) in [6.45, 7) is 2.54. The molecule has 0 unspecified atom stereocenters. The zero-order chi connectivity index (χ0) is 19.2. The molecule has 2 aliphatic rings. The Morgan fingerprint density at radius 1 is 1.22 bits per heavy atom. The van der Waals surface area contributed by atoms with Crippen LogP contribution in [-0.2, 0) is 25.5 Å². The normalized spacial score (nSPS) is 21.3. The Morgan fingerprint density at radius 2 is 1.93 bits per heavy atom. The van der Waals surface area contributed by atoms with Crippen LogP contribution in [0.25, 0.3) is 0 Å². The first-order valence-electron chi connectivity index (χ1n) is 9.85. The molecule has 2 amide bonds. The molecule has 0 spiro atoms. The van der Waals surface area contributed by atoms with Crippen LogP contribution in [0.15, 0.2) is 30.3 Å². The van der Waals surface area contributed by atoms with Crippen LogP contribution in [0.5, 0.6) is 0 Å². The predicted octanol–water partition coefficient (Wildman–Crippen LogP) is 2.07. The smallest absolute Gasteiger partial charge is 0.312 e. The maximum absolute atomic E-state index is 12.4. The van der Waals surface area contributed by atoms with E-state index in [1.54, 1.807) is 11.8 Å². The van der Waals surface area contributed by atoms with E-state index in [-0.39, 0.29) is 24.3 Å². The lowest BCUT2D eigenvalue weighted by Crippen LogP contribution is -2.41. The number of nitrogens with zero attached hydrogens (tertiary/aromatic N) is 1. The van der Waals surface area contributed by atoms with Crippen molar-refractivity contribution in [2.45, 2.75) is 57.6 Å². The molecule has 0 radical (unpaired) electrons. The van der Waals surface area contributed by atoms with Crippen LogP contribution >= 0.6 is 0 Å². The van der Waals surface area contributed by atoms with E-state index in [1.165, 1.54) is 0 Å². The molecule has 2 fully saturated rings. The second-order valence-electron chi connectivity index (χ2n) is 7.55. The molecule has 1 saturated heterocycles. The van der Waals surface area contributed by atoms with Crippen molar-refractivity contribution in [1.29, 1.82) is 0 Å². The Morgan fingerprint density at radius 3 is 2.63 bits per heavy atom. The summed E-state index contributed by atoms with van der Waals surface area (Å²) in [4.78, 5) is 38.5. The summed E-state index contributed by atoms with van der Waals surface area (Å²) in [5.74, 6) is -1.23. The van der Waals surface area contributed by atoms with Crippen molar-refractivity contribution in [2.75, 3.05) is 13.1 Å². The van der Waals surface area contributed by atoms with E-state index in [1.807, 2.05) is 30.3 Å². The van der Waals surface area contributed by atoms with Gasteiger partial charge in [-0.1, -0.05) is 43.2 Å². The maximum Gasteiger partial charge on any atom is 0.312 e. The highest BCUT2D eigenvalue weighted by molar-refractivity contribution is 5.89. The van der Waals surface area contributed by atoms with Gasteiger partial charge in [-0.15, -0.1) is 0 Å². The van der Waals surface area contributed by atoms with E-state index >= 15 is 0 Å². The second kappa shape index (κ2) is 9.02. The molecule has 6 heteroatoms. The fourth-order valence-corrected chi connectivity index (χ4v) is 3.77. The van der Waals surface area contributed by atoms with E-state index in [0.29, 0.717) is 13.1 Å². The molecule has 27 heavy (non-hydrogen) atoms. The molecular formula is C21H28N2O4. The predicted molar refractivity (Wildman–Crippen MR) is 101 cm³/mol. The van der Waals surface area contributed by atoms with Crippen molar-refractivity contribution in [3.63, 3.8) is 0 Å². The van der Waals surface area contributed by atoms with Gasteiger partial charge in [-0.2, -0.15) is 0 Å². The Bertz CT molecular complexity index is 670. The Labute approximate surface area is 160 Å². The zero-order valence-electron chi connectivity index (χ0n) is 15.9. The molecule has 1 heterocycles. The van der Waals surface area contributed by atoms with Crippen LogP contribution in [0.4, 0.5) is 0 Å². The molecule has 1 aliphatic carbocycles. The summed E-state index contributed by atoms with van der Waals surface area (Å²) >= 11 is 0. The minimum absolute atomic E-state index is 0.0315. The minimum atomic E-state index is -0.827. The van der Waals surface area contributed by atoms with Gasteiger partial charge in [-0.3, -0.25) is 14.4 Å². The summed E-state index contributed by atoms with van der Waals surface area (Å²) in [5.41, 5.74) is 1.16. The summed E-state index contributed by atoms with van der Waals surface area (Å²) < 4.78 is 5.34. The van der Waals surface area contributed by atoms with Gasteiger partial charge >= 0.3 is 5.97 Å². The van der Waals surface area contributed by atoms with Crippen LogP contribution in [-0.4, -0.2) is 47.9 Å². The fraction of sp³-hybridized carbons (Fsp3) is 0.571. The van der Waals surface area contributed by atoms with Gasteiger partial charge in [0.2, 0.25) is 5.91 Å². The molecule has 3 rings (SSSR count). The quantitative estimate of drug-likeness (QED) is 0.744. The van der Waals surface area contributed by atoms with Crippen molar-refractivity contribution in [3.8, 4) is 0 Å². The van der Waals surface area contributed by atoms with Gasteiger partial charge in [0.15, 0.2) is 6.10 Å². The second-order valence-corrected chi connectivity index (χ2v) is 7.55. The summed E-state index contributed by atoms with van der Waals surface area (Å²) in [7, 11) is 0. The van der Waals surface area contributed by atoms with Gasteiger partial charge in [0.05, 0.1) is 5.92 Å². The Kier molecular flexibility index (Phi) is 6.48. The van der Waals surface area contributed by atoms with Crippen molar-refractivity contribution < 1.29 is 19.1 Å². The van der Waals surface area contributed by atoms with Crippen molar-refractivity contribution >= 4 is 17.8 Å². The summed E-state index contributed by atoms with van der Waals surface area (Å²) in [6.07, 6.45) is 4.31. The number of hydrogen-bond acceptors (Lipinski definition) is 4. The third-order valence-electron chi connectivity index (χ3n) is 5.42. The number of amides is 2. The van der Waals surface area contributed by atoms with Gasteiger partial charge in [0.25, 0.3) is 5.91 Å². The lowest BCUT2D eigenvalue weighted by molar-refractivity contribution is -0.158. The largest absolute Gasteiger partial charge is 0.452 e. The molecule has 6 nitrogen and oxygen atoms in total. The number of ether oxygens (including phenoxy) is 1. The van der Waals surface area contributed by atoms with Crippen molar-refractivity contribution in [2.24, 2.45) is 5.92 Å². The first kappa shape index (κ1) is 19.4. The average Bonchev–Trinajstić information content (AvgIpc) is 3.30. The van der Waals surface area contributed by atoms with Gasteiger partial charge in [-0.25, -0.2) is 0 Å². The van der Waals surface area contributed by atoms with E-state index < -0.39 is 18.0 Å². The summed E-state index contributed by atoms with van der Waals surface area (Å²) in [5, 5.41) is 2.94.